The molecule has 1 aliphatic heterocycles. The van der Waals surface area contributed by atoms with Crippen LogP contribution in [0.15, 0.2) is 53.0 Å². The molecule has 8 heteroatoms. The lowest BCUT2D eigenvalue weighted by molar-refractivity contribution is -0.124. The van der Waals surface area contributed by atoms with Crippen LogP contribution in [-0.2, 0) is 19.1 Å². The number of imide groups is 1. The minimum atomic E-state index is -1.00. The molecule has 1 atom stereocenters. The lowest BCUT2D eigenvalue weighted by atomic mass is 10.2. The molecule has 0 aromatic heterocycles. The number of carbonyl (C=O) groups excluding carboxylic acids is 4. The number of nitrogens with one attached hydrogen (secondary N) is 1. The molecular weight excluding hydrogens is 428 g/mol. The molecule has 3 rings (SSSR count). The number of nitrogens with zero attached hydrogens (tertiary/aromatic N) is 1. The molecule has 3 amide bonds. The first-order valence-corrected chi connectivity index (χ1v) is 9.37. The molecule has 0 aliphatic carbocycles. The largest absolute Gasteiger partial charge is 0.449 e. The van der Waals surface area contributed by atoms with Crippen LogP contribution in [0, 0.1) is 0 Å². The molecule has 28 heavy (non-hydrogen) atoms. The number of rotatable bonds is 5. The molecule has 0 spiro atoms. The minimum absolute atomic E-state index is 0.188. The second-order valence-electron chi connectivity index (χ2n) is 6.21. The fourth-order valence-electron chi connectivity index (χ4n) is 2.67. The van der Waals surface area contributed by atoms with Gasteiger partial charge in [-0.2, -0.15) is 0 Å². The van der Waals surface area contributed by atoms with E-state index in [1.54, 1.807) is 24.3 Å². The Balaban J connectivity index is 1.60. The van der Waals surface area contributed by atoms with E-state index >= 15 is 0 Å². The van der Waals surface area contributed by atoms with Gasteiger partial charge in [0.2, 0.25) is 11.8 Å². The fourth-order valence-corrected chi connectivity index (χ4v) is 2.93. The third-order valence-corrected chi connectivity index (χ3v) is 4.71. The summed E-state index contributed by atoms with van der Waals surface area (Å²) < 4.78 is 6.07. The summed E-state index contributed by atoms with van der Waals surface area (Å²) in [5.74, 6) is -1.67. The summed E-state index contributed by atoms with van der Waals surface area (Å²) in [7, 11) is 0. The second-order valence-corrected chi connectivity index (χ2v) is 7.13. The van der Waals surface area contributed by atoms with Gasteiger partial charge in [-0.3, -0.25) is 19.3 Å². The van der Waals surface area contributed by atoms with E-state index in [0.29, 0.717) is 11.4 Å². The van der Waals surface area contributed by atoms with Gasteiger partial charge in [0.25, 0.3) is 5.91 Å². The summed E-state index contributed by atoms with van der Waals surface area (Å²) in [6.45, 7) is 1.47. The molecule has 0 radical (unpaired) electrons. The average molecular weight is 445 g/mol. The normalized spacial score (nSPS) is 14.7. The molecule has 2 aromatic rings. The predicted octanol–water partition coefficient (Wildman–Crippen LogP) is 3.29. The van der Waals surface area contributed by atoms with Crippen molar-refractivity contribution in [3.05, 3.63) is 58.6 Å². The summed E-state index contributed by atoms with van der Waals surface area (Å²) in [4.78, 5) is 49.1. The number of anilines is 2. The Morgan fingerprint density at radius 2 is 1.57 bits per heavy atom. The van der Waals surface area contributed by atoms with Gasteiger partial charge in [0.1, 0.15) is 0 Å². The first kappa shape index (κ1) is 19.8. The maximum absolute atomic E-state index is 12.3. The molecule has 1 heterocycles. The second kappa shape index (κ2) is 8.35. The number of ether oxygens (including phenoxy) is 1. The van der Waals surface area contributed by atoms with Gasteiger partial charge in [0.15, 0.2) is 6.10 Å². The SMILES string of the molecule is C[C@H](OC(=O)c1ccc(N2C(=O)CCC2=O)cc1)C(=O)Nc1ccc(Br)cc1. The quantitative estimate of drug-likeness (QED) is 0.564. The Morgan fingerprint density at radius 3 is 2.14 bits per heavy atom. The number of esters is 1. The van der Waals surface area contributed by atoms with E-state index in [-0.39, 0.29) is 30.2 Å². The van der Waals surface area contributed by atoms with Crippen LogP contribution in [0.4, 0.5) is 11.4 Å². The minimum Gasteiger partial charge on any atom is -0.449 e. The molecule has 0 unspecified atom stereocenters. The lowest BCUT2D eigenvalue weighted by Crippen LogP contribution is -2.30. The first-order chi connectivity index (χ1) is 13.3. The Hall–Kier alpha value is -3.00. The average Bonchev–Trinajstić information content (AvgIpc) is 3.02. The zero-order chi connectivity index (χ0) is 20.3. The number of benzene rings is 2. The summed E-state index contributed by atoms with van der Waals surface area (Å²) in [5.41, 5.74) is 1.21. The third kappa shape index (κ3) is 4.45. The molecule has 0 bridgehead atoms. The standard InChI is InChI=1S/C20H17BrN2O5/c1-12(19(26)22-15-6-4-14(21)5-7-15)28-20(27)13-2-8-16(9-3-13)23-17(24)10-11-18(23)25/h2-9,12H,10-11H2,1H3,(H,22,26)/t12-/m0/s1. The van der Waals surface area contributed by atoms with Crippen LogP contribution in [0.5, 0.6) is 0 Å². The van der Waals surface area contributed by atoms with E-state index in [1.807, 2.05) is 0 Å². The van der Waals surface area contributed by atoms with E-state index < -0.39 is 18.0 Å². The monoisotopic (exact) mass is 444 g/mol. The molecule has 0 saturated carbocycles. The van der Waals surface area contributed by atoms with Gasteiger partial charge in [-0.25, -0.2) is 4.79 Å². The van der Waals surface area contributed by atoms with E-state index in [9.17, 15) is 19.2 Å². The number of hydrogen-bond acceptors (Lipinski definition) is 5. The molecular formula is C20H17BrN2O5. The predicted molar refractivity (Wildman–Crippen MR) is 106 cm³/mol. The highest BCUT2D eigenvalue weighted by atomic mass is 79.9. The van der Waals surface area contributed by atoms with E-state index in [2.05, 4.69) is 21.2 Å². The Morgan fingerprint density at radius 1 is 1.00 bits per heavy atom. The number of amides is 3. The third-order valence-electron chi connectivity index (χ3n) is 4.18. The van der Waals surface area contributed by atoms with Crippen LogP contribution in [0.25, 0.3) is 0 Å². The van der Waals surface area contributed by atoms with Gasteiger partial charge >= 0.3 is 5.97 Å². The van der Waals surface area contributed by atoms with Gasteiger partial charge in [0, 0.05) is 23.0 Å². The lowest BCUT2D eigenvalue weighted by Gasteiger charge is -2.15. The van der Waals surface area contributed by atoms with E-state index in [4.69, 9.17) is 4.74 Å². The van der Waals surface area contributed by atoms with Crippen LogP contribution < -0.4 is 10.2 Å². The highest BCUT2D eigenvalue weighted by Crippen LogP contribution is 2.23. The van der Waals surface area contributed by atoms with Crippen molar-refractivity contribution in [3.63, 3.8) is 0 Å². The molecule has 1 N–H and O–H groups in total. The first-order valence-electron chi connectivity index (χ1n) is 8.58. The van der Waals surface area contributed by atoms with Crippen LogP contribution in [-0.4, -0.2) is 29.8 Å². The summed E-state index contributed by atoms with van der Waals surface area (Å²) in [6.07, 6.45) is -0.626. The Kier molecular flexibility index (Phi) is 5.89. The molecule has 1 saturated heterocycles. The number of carbonyl (C=O) groups is 4. The highest BCUT2D eigenvalue weighted by molar-refractivity contribution is 9.10. The van der Waals surface area contributed by atoms with E-state index in [1.165, 1.54) is 31.2 Å². The maximum atomic E-state index is 12.3. The molecule has 2 aromatic carbocycles. The van der Waals surface area contributed by atoms with Gasteiger partial charge in [-0.15, -0.1) is 0 Å². The van der Waals surface area contributed by atoms with Crippen molar-refractivity contribution in [1.29, 1.82) is 0 Å². The van der Waals surface area contributed by atoms with Crippen molar-refractivity contribution in [2.24, 2.45) is 0 Å². The van der Waals surface area contributed by atoms with Crippen molar-refractivity contribution < 1.29 is 23.9 Å². The summed E-state index contributed by atoms with van der Waals surface area (Å²) in [6, 6.07) is 12.9. The van der Waals surface area contributed by atoms with Crippen molar-refractivity contribution in [2.75, 3.05) is 10.2 Å². The van der Waals surface area contributed by atoms with Crippen molar-refractivity contribution in [3.8, 4) is 0 Å². The van der Waals surface area contributed by atoms with Gasteiger partial charge in [-0.05, 0) is 55.5 Å². The zero-order valence-electron chi connectivity index (χ0n) is 15.0. The van der Waals surface area contributed by atoms with Crippen molar-refractivity contribution in [1.82, 2.24) is 0 Å². The Labute approximate surface area is 169 Å². The maximum Gasteiger partial charge on any atom is 0.338 e. The van der Waals surface area contributed by atoms with Crippen LogP contribution >= 0.6 is 15.9 Å². The van der Waals surface area contributed by atoms with Gasteiger partial charge in [0.05, 0.1) is 11.3 Å². The number of halogens is 1. The van der Waals surface area contributed by atoms with E-state index in [0.717, 1.165) is 9.37 Å². The van der Waals surface area contributed by atoms with Gasteiger partial charge in [-0.1, -0.05) is 15.9 Å². The molecule has 144 valence electrons. The fraction of sp³-hybridized carbons (Fsp3) is 0.200. The van der Waals surface area contributed by atoms with Crippen LogP contribution in [0.1, 0.15) is 30.1 Å². The van der Waals surface area contributed by atoms with Crippen molar-refractivity contribution in [2.45, 2.75) is 25.9 Å². The molecule has 1 fully saturated rings. The number of hydrogen-bond donors (Lipinski definition) is 1. The van der Waals surface area contributed by atoms with Crippen LogP contribution in [0.2, 0.25) is 0 Å². The highest BCUT2D eigenvalue weighted by Gasteiger charge is 2.30. The summed E-state index contributed by atoms with van der Waals surface area (Å²) in [5, 5.41) is 2.66. The zero-order valence-corrected chi connectivity index (χ0v) is 16.6. The Bertz CT molecular complexity index is 909. The molecule has 7 nitrogen and oxygen atoms in total. The van der Waals surface area contributed by atoms with Crippen molar-refractivity contribution >= 4 is 51.0 Å². The van der Waals surface area contributed by atoms with Crippen LogP contribution in [0.3, 0.4) is 0 Å². The van der Waals surface area contributed by atoms with Gasteiger partial charge < -0.3 is 10.1 Å². The topological polar surface area (TPSA) is 92.8 Å². The summed E-state index contributed by atoms with van der Waals surface area (Å²) >= 11 is 3.31. The smallest absolute Gasteiger partial charge is 0.338 e. The molecule has 1 aliphatic rings.